The first-order valence-corrected chi connectivity index (χ1v) is 3.20. The number of hydrogen-bond donors (Lipinski definition) is 2. The second-order valence-electron chi connectivity index (χ2n) is 2.11. The number of H-pyrrole nitrogens is 1. The third-order valence-electron chi connectivity index (χ3n) is 1.29. The number of imidazole rings is 1. The van der Waals surface area contributed by atoms with E-state index >= 15 is 0 Å². The van der Waals surface area contributed by atoms with Crippen LogP contribution in [-0.4, -0.2) is 9.97 Å². The van der Waals surface area contributed by atoms with E-state index < -0.39 is 0 Å². The van der Waals surface area contributed by atoms with Crippen LogP contribution in [0.1, 0.15) is 18.3 Å². The molecular formula is C7H11N3. The lowest BCUT2D eigenvalue weighted by Gasteiger charge is -2.02. The smallest absolute Gasteiger partial charge is 0.123 e. The lowest BCUT2D eigenvalue weighted by Crippen LogP contribution is -2.10. The van der Waals surface area contributed by atoms with E-state index in [0.29, 0.717) is 0 Å². The summed E-state index contributed by atoms with van der Waals surface area (Å²) in [7, 11) is 0. The van der Waals surface area contributed by atoms with Gasteiger partial charge in [-0.1, -0.05) is 6.08 Å². The summed E-state index contributed by atoms with van der Waals surface area (Å²) in [6, 6.07) is -0.0347. The molecule has 1 aromatic heterocycles. The van der Waals surface area contributed by atoms with Gasteiger partial charge in [-0.25, -0.2) is 4.98 Å². The largest absolute Gasteiger partial charge is 0.347 e. The van der Waals surface area contributed by atoms with E-state index in [1.807, 2.05) is 0 Å². The van der Waals surface area contributed by atoms with E-state index in [-0.39, 0.29) is 6.04 Å². The van der Waals surface area contributed by atoms with Crippen molar-refractivity contribution in [2.45, 2.75) is 12.5 Å². The molecule has 3 N–H and O–H groups in total. The number of hydrogen-bond acceptors (Lipinski definition) is 2. The lowest BCUT2D eigenvalue weighted by atomic mass is 10.2. The molecule has 3 heteroatoms. The summed E-state index contributed by atoms with van der Waals surface area (Å²) >= 11 is 0. The average Bonchev–Trinajstić information content (AvgIpc) is 2.38. The van der Waals surface area contributed by atoms with Crippen molar-refractivity contribution < 1.29 is 0 Å². The molecule has 0 amide bonds. The number of rotatable bonds is 3. The number of nitrogens with zero attached hydrogens (tertiary/aromatic N) is 1. The van der Waals surface area contributed by atoms with Crippen molar-refractivity contribution in [3.8, 4) is 0 Å². The SMILES string of the molecule is C=CCC(N)c1ncc[nH]1. The third-order valence-corrected chi connectivity index (χ3v) is 1.29. The molecule has 1 aromatic rings. The van der Waals surface area contributed by atoms with Gasteiger partial charge in [0.2, 0.25) is 0 Å². The minimum atomic E-state index is -0.0347. The minimum Gasteiger partial charge on any atom is -0.347 e. The zero-order valence-electron chi connectivity index (χ0n) is 5.75. The molecule has 0 saturated heterocycles. The molecule has 0 aliphatic carbocycles. The highest BCUT2D eigenvalue weighted by molar-refractivity contribution is 4.96. The molecular weight excluding hydrogens is 126 g/mol. The summed E-state index contributed by atoms with van der Waals surface area (Å²) in [5, 5.41) is 0. The van der Waals surface area contributed by atoms with Gasteiger partial charge in [-0.15, -0.1) is 6.58 Å². The molecule has 0 aromatic carbocycles. The zero-order valence-corrected chi connectivity index (χ0v) is 5.75. The van der Waals surface area contributed by atoms with E-state index in [2.05, 4.69) is 16.5 Å². The van der Waals surface area contributed by atoms with Crippen molar-refractivity contribution >= 4 is 0 Å². The molecule has 10 heavy (non-hydrogen) atoms. The van der Waals surface area contributed by atoms with Crippen LogP contribution in [0.5, 0.6) is 0 Å². The molecule has 1 atom stereocenters. The Kier molecular flexibility index (Phi) is 2.23. The van der Waals surface area contributed by atoms with Crippen molar-refractivity contribution in [3.63, 3.8) is 0 Å². The maximum atomic E-state index is 5.68. The molecule has 1 rings (SSSR count). The summed E-state index contributed by atoms with van der Waals surface area (Å²) in [4.78, 5) is 6.94. The topological polar surface area (TPSA) is 54.7 Å². The van der Waals surface area contributed by atoms with Gasteiger partial charge in [-0.05, 0) is 6.42 Å². The zero-order chi connectivity index (χ0) is 7.40. The summed E-state index contributed by atoms with van der Waals surface area (Å²) in [6.45, 7) is 3.59. The molecule has 54 valence electrons. The summed E-state index contributed by atoms with van der Waals surface area (Å²) < 4.78 is 0. The second-order valence-corrected chi connectivity index (χ2v) is 2.11. The van der Waals surface area contributed by atoms with Crippen LogP contribution in [0.4, 0.5) is 0 Å². The van der Waals surface area contributed by atoms with Crippen LogP contribution >= 0.6 is 0 Å². The number of nitrogens with two attached hydrogens (primary N) is 1. The van der Waals surface area contributed by atoms with E-state index in [4.69, 9.17) is 5.73 Å². The van der Waals surface area contributed by atoms with Gasteiger partial charge in [0.15, 0.2) is 0 Å². The Bertz CT molecular complexity index is 191. The monoisotopic (exact) mass is 137 g/mol. The Balaban J connectivity index is 2.58. The van der Waals surface area contributed by atoms with Crippen LogP contribution in [0, 0.1) is 0 Å². The minimum absolute atomic E-state index is 0.0347. The van der Waals surface area contributed by atoms with Gasteiger partial charge in [0.05, 0.1) is 6.04 Å². The molecule has 0 spiro atoms. The number of aromatic nitrogens is 2. The molecule has 0 fully saturated rings. The standard InChI is InChI=1S/C7H11N3/c1-2-3-6(8)7-9-4-5-10-7/h2,4-6H,1,3,8H2,(H,9,10). The van der Waals surface area contributed by atoms with Gasteiger partial charge in [0, 0.05) is 12.4 Å². The predicted molar refractivity (Wildman–Crippen MR) is 40.3 cm³/mol. The highest BCUT2D eigenvalue weighted by Crippen LogP contribution is 2.07. The van der Waals surface area contributed by atoms with Crippen LogP contribution in [0.2, 0.25) is 0 Å². The van der Waals surface area contributed by atoms with Crippen molar-refractivity contribution in [1.82, 2.24) is 9.97 Å². The van der Waals surface area contributed by atoms with Gasteiger partial charge in [-0.3, -0.25) is 0 Å². The van der Waals surface area contributed by atoms with Crippen molar-refractivity contribution in [3.05, 3.63) is 30.9 Å². The van der Waals surface area contributed by atoms with E-state index in [9.17, 15) is 0 Å². The van der Waals surface area contributed by atoms with Gasteiger partial charge >= 0.3 is 0 Å². The fraction of sp³-hybridized carbons (Fsp3) is 0.286. The summed E-state index contributed by atoms with van der Waals surface area (Å²) in [5.41, 5.74) is 5.68. The van der Waals surface area contributed by atoms with Crippen LogP contribution in [-0.2, 0) is 0 Å². The quantitative estimate of drug-likeness (QED) is 0.610. The van der Waals surface area contributed by atoms with E-state index in [1.165, 1.54) is 0 Å². The first kappa shape index (κ1) is 7.02. The van der Waals surface area contributed by atoms with Crippen molar-refractivity contribution in [2.75, 3.05) is 0 Å². The lowest BCUT2D eigenvalue weighted by molar-refractivity contribution is 0.693. The maximum absolute atomic E-state index is 5.68. The van der Waals surface area contributed by atoms with Crippen LogP contribution in [0.15, 0.2) is 25.0 Å². The fourth-order valence-electron chi connectivity index (χ4n) is 0.771. The first-order valence-electron chi connectivity index (χ1n) is 3.20. The summed E-state index contributed by atoms with van der Waals surface area (Å²) in [6.07, 6.45) is 6.00. The molecule has 1 heterocycles. The maximum Gasteiger partial charge on any atom is 0.123 e. The predicted octanol–water partition coefficient (Wildman–Crippen LogP) is 0.986. The van der Waals surface area contributed by atoms with Crippen LogP contribution in [0.25, 0.3) is 0 Å². The Morgan fingerprint density at radius 3 is 3.20 bits per heavy atom. The molecule has 0 radical (unpaired) electrons. The number of nitrogens with one attached hydrogen (secondary N) is 1. The van der Waals surface area contributed by atoms with Gasteiger partial charge in [0.1, 0.15) is 5.82 Å². The molecule has 0 aliphatic rings. The Morgan fingerprint density at radius 1 is 1.90 bits per heavy atom. The molecule has 0 bridgehead atoms. The Labute approximate surface area is 60.0 Å². The van der Waals surface area contributed by atoms with Crippen LogP contribution < -0.4 is 5.73 Å². The fourth-order valence-corrected chi connectivity index (χ4v) is 0.771. The van der Waals surface area contributed by atoms with Crippen molar-refractivity contribution in [2.24, 2.45) is 5.73 Å². The van der Waals surface area contributed by atoms with Crippen molar-refractivity contribution in [1.29, 1.82) is 0 Å². The Hall–Kier alpha value is -1.09. The first-order chi connectivity index (χ1) is 4.84. The van der Waals surface area contributed by atoms with E-state index in [0.717, 1.165) is 12.2 Å². The Morgan fingerprint density at radius 2 is 2.70 bits per heavy atom. The highest BCUT2D eigenvalue weighted by atomic mass is 14.9. The normalized spacial score (nSPS) is 12.9. The van der Waals surface area contributed by atoms with Gasteiger partial charge in [0.25, 0.3) is 0 Å². The molecule has 0 saturated carbocycles. The van der Waals surface area contributed by atoms with E-state index in [1.54, 1.807) is 18.5 Å². The highest BCUT2D eigenvalue weighted by Gasteiger charge is 2.03. The molecule has 0 aliphatic heterocycles. The number of aromatic amines is 1. The molecule has 1 unspecified atom stereocenters. The van der Waals surface area contributed by atoms with Gasteiger partial charge in [-0.2, -0.15) is 0 Å². The summed E-state index contributed by atoms with van der Waals surface area (Å²) in [5.74, 6) is 0.819. The van der Waals surface area contributed by atoms with Gasteiger partial charge < -0.3 is 10.7 Å². The van der Waals surface area contributed by atoms with Crippen LogP contribution in [0.3, 0.4) is 0 Å². The second kappa shape index (κ2) is 3.17. The molecule has 3 nitrogen and oxygen atoms in total. The average molecular weight is 137 g/mol. The third kappa shape index (κ3) is 1.45.